The first-order valence-corrected chi connectivity index (χ1v) is 12.5. The molecule has 0 bridgehead atoms. The summed E-state index contributed by atoms with van der Waals surface area (Å²) >= 11 is 0. The van der Waals surface area contributed by atoms with Gasteiger partial charge < -0.3 is 10.2 Å². The molecule has 1 amide bonds. The summed E-state index contributed by atoms with van der Waals surface area (Å²) in [6.45, 7) is 2.21. The highest BCUT2D eigenvalue weighted by Crippen LogP contribution is 2.32. The first kappa shape index (κ1) is 22.5. The number of carbonyl (C=O) groups is 1. The quantitative estimate of drug-likeness (QED) is 0.710. The number of rotatable bonds is 6. The van der Waals surface area contributed by atoms with Gasteiger partial charge in [-0.3, -0.25) is 4.79 Å². The number of anilines is 2. The molecule has 6 nitrogen and oxygen atoms in total. The van der Waals surface area contributed by atoms with Gasteiger partial charge in [-0.2, -0.15) is 4.31 Å². The van der Waals surface area contributed by atoms with Crippen LogP contribution in [0, 0.1) is 11.7 Å². The molecule has 0 saturated carbocycles. The van der Waals surface area contributed by atoms with Gasteiger partial charge in [0.2, 0.25) is 15.9 Å². The summed E-state index contributed by atoms with van der Waals surface area (Å²) in [6.07, 6.45) is 4.48. The lowest BCUT2D eigenvalue weighted by molar-refractivity contribution is -0.120. The van der Waals surface area contributed by atoms with E-state index in [-0.39, 0.29) is 30.6 Å². The first-order chi connectivity index (χ1) is 15.4. The van der Waals surface area contributed by atoms with Gasteiger partial charge in [0, 0.05) is 37.5 Å². The molecule has 170 valence electrons. The standard InChI is InChI=1S/C24H28FN3O3S/c25-21-9-6-10-22(27-14-4-5-15-27)23(21)26-24(29)20-11-16-28(17-12-20)32(30,31)18-13-19-7-2-1-3-8-19/h1-3,6-10,13,18,20H,4-5,11-12,14-17H2,(H,26,29)/b18-13+. The Morgan fingerprint density at radius 3 is 2.34 bits per heavy atom. The molecule has 2 aliphatic rings. The van der Waals surface area contributed by atoms with E-state index in [4.69, 9.17) is 0 Å². The van der Waals surface area contributed by atoms with Crippen LogP contribution in [0.25, 0.3) is 6.08 Å². The largest absolute Gasteiger partial charge is 0.370 e. The lowest BCUT2D eigenvalue weighted by Crippen LogP contribution is -2.40. The van der Waals surface area contributed by atoms with Gasteiger partial charge in [-0.05, 0) is 49.5 Å². The minimum Gasteiger partial charge on any atom is -0.370 e. The number of amides is 1. The fourth-order valence-corrected chi connectivity index (χ4v) is 5.49. The Hall–Kier alpha value is -2.71. The average Bonchev–Trinajstić information content (AvgIpc) is 3.35. The number of para-hydroxylation sites is 1. The fraction of sp³-hybridized carbons (Fsp3) is 0.375. The molecule has 2 fully saturated rings. The molecule has 1 N–H and O–H groups in total. The van der Waals surface area contributed by atoms with Crippen LogP contribution in [0.1, 0.15) is 31.2 Å². The summed E-state index contributed by atoms with van der Waals surface area (Å²) in [5.41, 5.74) is 1.74. The van der Waals surface area contributed by atoms with Crippen LogP contribution in [-0.4, -0.2) is 44.8 Å². The highest BCUT2D eigenvalue weighted by molar-refractivity contribution is 7.92. The van der Waals surface area contributed by atoms with Crippen molar-refractivity contribution in [2.45, 2.75) is 25.7 Å². The van der Waals surface area contributed by atoms with Crippen molar-refractivity contribution >= 4 is 33.4 Å². The second-order valence-corrected chi connectivity index (χ2v) is 10.1. The first-order valence-electron chi connectivity index (χ1n) is 11.0. The maximum absolute atomic E-state index is 14.5. The van der Waals surface area contributed by atoms with Gasteiger partial charge in [0.1, 0.15) is 11.5 Å². The Labute approximate surface area is 188 Å². The predicted octanol–water partition coefficient (Wildman–Crippen LogP) is 4.08. The van der Waals surface area contributed by atoms with E-state index in [1.807, 2.05) is 36.4 Å². The minimum atomic E-state index is -3.56. The van der Waals surface area contributed by atoms with Gasteiger partial charge in [0.05, 0.1) is 5.69 Å². The van der Waals surface area contributed by atoms with Crippen molar-refractivity contribution in [3.63, 3.8) is 0 Å². The van der Waals surface area contributed by atoms with Crippen molar-refractivity contribution in [2.75, 3.05) is 36.4 Å². The van der Waals surface area contributed by atoms with Crippen molar-refractivity contribution in [1.82, 2.24) is 4.31 Å². The number of hydrogen-bond donors (Lipinski definition) is 1. The van der Waals surface area contributed by atoms with Crippen LogP contribution < -0.4 is 10.2 Å². The number of nitrogens with zero attached hydrogens (tertiary/aromatic N) is 2. The number of carbonyl (C=O) groups excluding carboxylic acids is 1. The minimum absolute atomic E-state index is 0.222. The number of hydrogen-bond acceptors (Lipinski definition) is 4. The van der Waals surface area contributed by atoms with Crippen LogP contribution in [0.3, 0.4) is 0 Å². The molecule has 2 aliphatic heterocycles. The van der Waals surface area contributed by atoms with Crippen LogP contribution in [0.2, 0.25) is 0 Å². The molecular weight excluding hydrogens is 429 g/mol. The molecule has 32 heavy (non-hydrogen) atoms. The third-order valence-electron chi connectivity index (χ3n) is 6.10. The molecule has 0 aromatic heterocycles. The van der Waals surface area contributed by atoms with Gasteiger partial charge in [-0.1, -0.05) is 36.4 Å². The fourth-order valence-electron chi connectivity index (χ4n) is 4.27. The van der Waals surface area contributed by atoms with Gasteiger partial charge >= 0.3 is 0 Å². The molecular formula is C24H28FN3O3S. The monoisotopic (exact) mass is 457 g/mol. The Kier molecular flexibility index (Phi) is 6.91. The number of nitrogens with one attached hydrogen (secondary N) is 1. The third kappa shape index (κ3) is 5.19. The number of halogens is 1. The lowest BCUT2D eigenvalue weighted by Gasteiger charge is -2.30. The zero-order valence-corrected chi connectivity index (χ0v) is 18.7. The maximum Gasteiger partial charge on any atom is 0.236 e. The maximum atomic E-state index is 14.5. The Bertz CT molecular complexity index is 1070. The van der Waals surface area contributed by atoms with E-state index in [0.29, 0.717) is 18.5 Å². The Balaban J connectivity index is 1.38. The molecule has 2 aromatic carbocycles. The van der Waals surface area contributed by atoms with Gasteiger partial charge in [0.25, 0.3) is 0 Å². The van der Waals surface area contributed by atoms with Crippen molar-refractivity contribution in [3.8, 4) is 0 Å². The zero-order chi connectivity index (χ0) is 22.6. The van der Waals surface area contributed by atoms with Gasteiger partial charge in [-0.25, -0.2) is 12.8 Å². The van der Waals surface area contributed by atoms with Crippen molar-refractivity contribution in [2.24, 2.45) is 5.92 Å². The molecule has 0 unspecified atom stereocenters. The summed E-state index contributed by atoms with van der Waals surface area (Å²) in [4.78, 5) is 15.0. The molecule has 0 aliphatic carbocycles. The van der Waals surface area contributed by atoms with E-state index in [2.05, 4.69) is 10.2 Å². The molecule has 0 radical (unpaired) electrons. The second kappa shape index (κ2) is 9.83. The molecule has 0 atom stereocenters. The third-order valence-corrected chi connectivity index (χ3v) is 7.67. The van der Waals surface area contributed by atoms with Crippen molar-refractivity contribution in [1.29, 1.82) is 0 Å². The summed E-state index contributed by atoms with van der Waals surface area (Å²) in [6, 6.07) is 14.1. The van der Waals surface area contributed by atoms with Crippen LogP contribution in [0.5, 0.6) is 0 Å². The Morgan fingerprint density at radius 2 is 1.66 bits per heavy atom. The van der Waals surface area contributed by atoms with E-state index in [0.717, 1.165) is 31.5 Å². The molecule has 2 heterocycles. The van der Waals surface area contributed by atoms with Crippen LogP contribution >= 0.6 is 0 Å². The van der Waals surface area contributed by atoms with Crippen molar-refractivity contribution < 1.29 is 17.6 Å². The number of sulfonamides is 1. The normalized spacial score (nSPS) is 18.3. The van der Waals surface area contributed by atoms with Crippen LogP contribution in [0.4, 0.5) is 15.8 Å². The summed E-state index contributed by atoms with van der Waals surface area (Å²) in [7, 11) is -3.56. The molecule has 8 heteroatoms. The number of piperidine rings is 1. The summed E-state index contributed by atoms with van der Waals surface area (Å²) in [5.74, 6) is -1.06. The molecule has 2 saturated heterocycles. The number of benzene rings is 2. The average molecular weight is 458 g/mol. The van der Waals surface area contributed by atoms with Gasteiger partial charge in [0.15, 0.2) is 0 Å². The van der Waals surface area contributed by atoms with Crippen LogP contribution in [-0.2, 0) is 14.8 Å². The van der Waals surface area contributed by atoms with E-state index >= 15 is 0 Å². The molecule has 2 aromatic rings. The van der Waals surface area contributed by atoms with E-state index in [9.17, 15) is 17.6 Å². The topological polar surface area (TPSA) is 69.7 Å². The zero-order valence-electron chi connectivity index (χ0n) is 17.9. The van der Waals surface area contributed by atoms with Crippen molar-refractivity contribution in [3.05, 3.63) is 65.3 Å². The predicted molar refractivity (Wildman–Crippen MR) is 125 cm³/mol. The van der Waals surface area contributed by atoms with E-state index in [1.54, 1.807) is 12.1 Å². The van der Waals surface area contributed by atoms with Gasteiger partial charge in [-0.15, -0.1) is 0 Å². The van der Waals surface area contributed by atoms with E-state index in [1.165, 1.54) is 15.8 Å². The highest BCUT2D eigenvalue weighted by atomic mass is 32.2. The second-order valence-electron chi connectivity index (χ2n) is 8.25. The lowest BCUT2D eigenvalue weighted by atomic mass is 9.97. The van der Waals surface area contributed by atoms with Crippen LogP contribution in [0.15, 0.2) is 53.9 Å². The molecule has 4 rings (SSSR count). The Morgan fingerprint density at radius 1 is 0.969 bits per heavy atom. The summed E-state index contributed by atoms with van der Waals surface area (Å²) < 4.78 is 41.2. The SMILES string of the molecule is O=C(Nc1c(F)cccc1N1CCCC1)C1CCN(S(=O)(=O)/C=C/c2ccccc2)CC1. The highest BCUT2D eigenvalue weighted by Gasteiger charge is 2.31. The smallest absolute Gasteiger partial charge is 0.236 e. The summed E-state index contributed by atoms with van der Waals surface area (Å²) in [5, 5.41) is 4.00. The molecule has 0 spiro atoms. The van der Waals surface area contributed by atoms with E-state index < -0.39 is 15.8 Å².